The summed E-state index contributed by atoms with van der Waals surface area (Å²) in [7, 11) is 0. The lowest BCUT2D eigenvalue weighted by Crippen LogP contribution is -2.02. The zero-order chi connectivity index (χ0) is 13.2. The molecule has 0 saturated heterocycles. The molecular formula is C14H12N4O. The predicted octanol–water partition coefficient (Wildman–Crippen LogP) is 2.69. The molecule has 3 aromatic rings. The summed E-state index contributed by atoms with van der Waals surface area (Å²) >= 11 is 0. The van der Waals surface area contributed by atoms with Gasteiger partial charge < -0.3 is 10.2 Å². The summed E-state index contributed by atoms with van der Waals surface area (Å²) in [5, 5.41) is 0. The van der Waals surface area contributed by atoms with E-state index in [1.807, 2.05) is 43.3 Å². The minimum absolute atomic E-state index is 0.180. The summed E-state index contributed by atoms with van der Waals surface area (Å²) in [5.74, 6) is 1.79. The minimum Gasteiger partial charge on any atom is -0.461 e. The lowest BCUT2D eigenvalue weighted by Gasteiger charge is -2.03. The van der Waals surface area contributed by atoms with E-state index in [1.54, 1.807) is 6.26 Å². The van der Waals surface area contributed by atoms with Crippen LogP contribution in [0, 0.1) is 6.92 Å². The third-order valence-corrected chi connectivity index (χ3v) is 2.75. The van der Waals surface area contributed by atoms with Crippen LogP contribution < -0.4 is 5.73 Å². The van der Waals surface area contributed by atoms with Gasteiger partial charge in [0.05, 0.1) is 6.26 Å². The van der Waals surface area contributed by atoms with Gasteiger partial charge in [-0.05, 0) is 18.6 Å². The minimum atomic E-state index is 0.180. The Bertz CT molecular complexity index is 706. The normalized spacial score (nSPS) is 10.6. The molecule has 94 valence electrons. The molecule has 0 aliphatic rings. The quantitative estimate of drug-likeness (QED) is 0.758. The smallest absolute Gasteiger partial charge is 0.224 e. The van der Waals surface area contributed by atoms with Crippen molar-refractivity contribution in [2.45, 2.75) is 6.92 Å². The van der Waals surface area contributed by atoms with E-state index < -0.39 is 0 Å². The molecule has 2 aromatic heterocycles. The van der Waals surface area contributed by atoms with Crippen LogP contribution in [0.2, 0.25) is 0 Å². The van der Waals surface area contributed by atoms with E-state index in [0.29, 0.717) is 17.4 Å². The van der Waals surface area contributed by atoms with E-state index in [2.05, 4.69) is 15.0 Å². The van der Waals surface area contributed by atoms with Crippen LogP contribution in [-0.4, -0.2) is 15.0 Å². The Kier molecular flexibility index (Phi) is 2.72. The van der Waals surface area contributed by atoms with Crippen LogP contribution >= 0.6 is 0 Å². The van der Waals surface area contributed by atoms with Crippen molar-refractivity contribution < 1.29 is 4.42 Å². The monoisotopic (exact) mass is 252 g/mol. The molecule has 0 bridgehead atoms. The number of benzene rings is 1. The second-order valence-electron chi connectivity index (χ2n) is 4.14. The first-order valence-corrected chi connectivity index (χ1v) is 5.85. The molecule has 0 amide bonds. The Balaban J connectivity index is 2.14. The van der Waals surface area contributed by atoms with Gasteiger partial charge in [-0.2, -0.15) is 9.97 Å². The number of rotatable bonds is 2. The predicted molar refractivity (Wildman–Crippen MR) is 72.1 cm³/mol. The lowest BCUT2D eigenvalue weighted by atomic mass is 10.2. The van der Waals surface area contributed by atoms with Gasteiger partial charge in [0.25, 0.3) is 0 Å². The second kappa shape index (κ2) is 4.53. The molecule has 2 heterocycles. The van der Waals surface area contributed by atoms with Crippen LogP contribution in [0.4, 0.5) is 5.95 Å². The first-order valence-electron chi connectivity index (χ1n) is 5.85. The first kappa shape index (κ1) is 11.4. The molecule has 2 N–H and O–H groups in total. The van der Waals surface area contributed by atoms with Crippen molar-refractivity contribution in [2.75, 3.05) is 5.73 Å². The van der Waals surface area contributed by atoms with Gasteiger partial charge in [-0.1, -0.05) is 30.3 Å². The van der Waals surface area contributed by atoms with E-state index in [4.69, 9.17) is 10.2 Å². The summed E-state index contributed by atoms with van der Waals surface area (Å²) in [6, 6.07) is 11.5. The maximum Gasteiger partial charge on any atom is 0.224 e. The molecule has 0 aliphatic heterocycles. The first-order chi connectivity index (χ1) is 9.24. The fraction of sp³-hybridized carbons (Fsp3) is 0.0714. The van der Waals surface area contributed by atoms with Gasteiger partial charge in [-0.3, -0.25) is 0 Å². The molecule has 0 spiro atoms. The number of aromatic nitrogens is 3. The van der Waals surface area contributed by atoms with E-state index in [-0.39, 0.29) is 5.95 Å². The number of anilines is 1. The third-order valence-electron chi connectivity index (χ3n) is 2.75. The van der Waals surface area contributed by atoms with Crippen molar-refractivity contribution in [3.05, 3.63) is 48.2 Å². The Morgan fingerprint density at radius 3 is 2.37 bits per heavy atom. The zero-order valence-corrected chi connectivity index (χ0v) is 10.4. The number of aryl methyl sites for hydroxylation is 1. The molecule has 1 aromatic carbocycles. The van der Waals surface area contributed by atoms with Crippen molar-refractivity contribution in [1.29, 1.82) is 0 Å². The molecule has 0 unspecified atom stereocenters. The topological polar surface area (TPSA) is 77.8 Å². The highest BCUT2D eigenvalue weighted by molar-refractivity contribution is 5.61. The molecule has 19 heavy (non-hydrogen) atoms. The van der Waals surface area contributed by atoms with Gasteiger partial charge in [0, 0.05) is 5.56 Å². The molecule has 0 saturated carbocycles. The number of hydrogen-bond acceptors (Lipinski definition) is 5. The summed E-state index contributed by atoms with van der Waals surface area (Å²) in [6.07, 6.45) is 1.60. The summed E-state index contributed by atoms with van der Waals surface area (Å²) in [6.45, 7) is 1.93. The SMILES string of the molecule is Cc1ccoc1-c1nc(N)nc(-c2ccccc2)n1. The van der Waals surface area contributed by atoms with Crippen LogP contribution in [-0.2, 0) is 0 Å². The van der Waals surface area contributed by atoms with Gasteiger partial charge in [-0.25, -0.2) is 4.98 Å². The van der Waals surface area contributed by atoms with Crippen LogP contribution in [0.25, 0.3) is 23.0 Å². The molecule has 0 radical (unpaired) electrons. The molecule has 0 fully saturated rings. The van der Waals surface area contributed by atoms with Crippen LogP contribution in [0.15, 0.2) is 47.1 Å². The van der Waals surface area contributed by atoms with Gasteiger partial charge in [-0.15, -0.1) is 0 Å². The third kappa shape index (κ3) is 2.18. The Morgan fingerprint density at radius 2 is 1.68 bits per heavy atom. The Morgan fingerprint density at radius 1 is 0.947 bits per heavy atom. The maximum absolute atomic E-state index is 5.75. The average Bonchev–Trinajstić information content (AvgIpc) is 2.85. The molecule has 5 heteroatoms. The number of furan rings is 1. The fourth-order valence-electron chi connectivity index (χ4n) is 1.81. The second-order valence-corrected chi connectivity index (χ2v) is 4.14. The molecule has 5 nitrogen and oxygen atoms in total. The summed E-state index contributed by atoms with van der Waals surface area (Å²) in [4.78, 5) is 12.7. The van der Waals surface area contributed by atoms with Gasteiger partial charge in [0.1, 0.15) is 0 Å². The lowest BCUT2D eigenvalue weighted by molar-refractivity contribution is 0.575. The van der Waals surface area contributed by atoms with Gasteiger partial charge >= 0.3 is 0 Å². The van der Waals surface area contributed by atoms with Crippen molar-refractivity contribution in [3.63, 3.8) is 0 Å². The van der Waals surface area contributed by atoms with E-state index in [9.17, 15) is 0 Å². The number of hydrogen-bond donors (Lipinski definition) is 1. The highest BCUT2D eigenvalue weighted by Gasteiger charge is 2.12. The summed E-state index contributed by atoms with van der Waals surface area (Å²) in [5.41, 5.74) is 7.60. The van der Waals surface area contributed by atoms with Crippen molar-refractivity contribution >= 4 is 5.95 Å². The standard InChI is InChI=1S/C14H12N4O/c1-9-7-8-19-11(9)13-16-12(17-14(15)18-13)10-5-3-2-4-6-10/h2-8H,1H3,(H2,15,16,17,18). The van der Waals surface area contributed by atoms with Crippen molar-refractivity contribution in [2.24, 2.45) is 0 Å². The van der Waals surface area contributed by atoms with Crippen molar-refractivity contribution in [3.8, 4) is 23.0 Å². The van der Waals surface area contributed by atoms with Crippen LogP contribution in [0.1, 0.15) is 5.56 Å². The number of nitrogens with two attached hydrogens (primary N) is 1. The largest absolute Gasteiger partial charge is 0.461 e. The van der Waals surface area contributed by atoms with E-state index >= 15 is 0 Å². The molecule has 3 rings (SSSR count). The number of nitrogen functional groups attached to an aromatic ring is 1. The summed E-state index contributed by atoms with van der Waals surface area (Å²) < 4.78 is 5.39. The highest BCUT2D eigenvalue weighted by atomic mass is 16.3. The van der Waals surface area contributed by atoms with Crippen LogP contribution in [0.5, 0.6) is 0 Å². The molecule has 0 aliphatic carbocycles. The number of nitrogens with zero attached hydrogens (tertiary/aromatic N) is 3. The van der Waals surface area contributed by atoms with E-state index in [0.717, 1.165) is 11.1 Å². The molecular weight excluding hydrogens is 240 g/mol. The molecule has 0 atom stereocenters. The van der Waals surface area contributed by atoms with Crippen LogP contribution in [0.3, 0.4) is 0 Å². The highest BCUT2D eigenvalue weighted by Crippen LogP contribution is 2.23. The average molecular weight is 252 g/mol. The van der Waals surface area contributed by atoms with Gasteiger partial charge in [0.2, 0.25) is 11.8 Å². The maximum atomic E-state index is 5.75. The van der Waals surface area contributed by atoms with Gasteiger partial charge in [0.15, 0.2) is 11.6 Å². The fourth-order valence-corrected chi connectivity index (χ4v) is 1.81. The Labute approximate surface area is 110 Å². The zero-order valence-electron chi connectivity index (χ0n) is 10.4. The van der Waals surface area contributed by atoms with Crippen molar-refractivity contribution in [1.82, 2.24) is 15.0 Å². The van der Waals surface area contributed by atoms with E-state index in [1.165, 1.54) is 0 Å². The Hall–Kier alpha value is -2.69.